The van der Waals surface area contributed by atoms with Gasteiger partial charge in [-0.3, -0.25) is 0 Å². The number of hydrogen-bond acceptors (Lipinski definition) is 4. The maximum absolute atomic E-state index is 5.75. The first kappa shape index (κ1) is 10.8. The van der Waals surface area contributed by atoms with Crippen molar-refractivity contribution in [1.82, 2.24) is 15.3 Å². The number of nitrogens with one attached hydrogen (secondary N) is 1. The largest absolute Gasteiger partial charge is 0.473 e. The number of rotatable bonds is 4. The Hall–Kier alpha value is -1.68. The molecule has 1 aromatic heterocycles. The smallest absolute Gasteiger partial charge is 0.224 e. The van der Waals surface area contributed by atoms with Gasteiger partial charge in [-0.2, -0.15) is 0 Å². The number of para-hydroxylation sites is 1. The quantitative estimate of drug-likeness (QED) is 0.845. The van der Waals surface area contributed by atoms with E-state index in [0.29, 0.717) is 5.88 Å². The Morgan fingerprint density at radius 2 is 2.12 bits per heavy atom. The number of fused-ring (bicyclic) bond motifs is 1. The average Bonchev–Trinajstić information content (AvgIpc) is 2.30. The summed E-state index contributed by atoms with van der Waals surface area (Å²) in [6, 6.07) is 7.83. The topological polar surface area (TPSA) is 47.0 Å². The van der Waals surface area contributed by atoms with Crippen LogP contribution in [0.15, 0.2) is 30.6 Å². The molecular formula is C12H15N3O. The molecular weight excluding hydrogens is 202 g/mol. The highest BCUT2D eigenvalue weighted by atomic mass is 16.5. The minimum atomic E-state index is 0.0864. The van der Waals surface area contributed by atoms with Crippen LogP contribution in [0.5, 0.6) is 5.88 Å². The summed E-state index contributed by atoms with van der Waals surface area (Å²) in [5, 5.41) is 4.02. The molecule has 4 nitrogen and oxygen atoms in total. The minimum absolute atomic E-state index is 0.0864. The van der Waals surface area contributed by atoms with Gasteiger partial charge >= 0.3 is 0 Å². The van der Waals surface area contributed by atoms with Gasteiger partial charge in [-0.1, -0.05) is 12.1 Å². The van der Waals surface area contributed by atoms with Gasteiger partial charge in [0.2, 0.25) is 5.88 Å². The van der Waals surface area contributed by atoms with Crippen molar-refractivity contribution in [3.63, 3.8) is 0 Å². The van der Waals surface area contributed by atoms with E-state index in [4.69, 9.17) is 4.74 Å². The van der Waals surface area contributed by atoms with Crippen molar-refractivity contribution in [2.75, 3.05) is 13.6 Å². The third-order valence-electron chi connectivity index (χ3n) is 2.31. The van der Waals surface area contributed by atoms with Gasteiger partial charge in [0.25, 0.3) is 0 Å². The average molecular weight is 217 g/mol. The van der Waals surface area contributed by atoms with Crippen LogP contribution in [0.4, 0.5) is 0 Å². The van der Waals surface area contributed by atoms with E-state index in [0.717, 1.165) is 17.4 Å². The van der Waals surface area contributed by atoms with Crippen LogP contribution in [0.2, 0.25) is 0 Å². The van der Waals surface area contributed by atoms with E-state index in [1.807, 2.05) is 38.2 Å². The number of nitrogens with zero attached hydrogens (tertiary/aromatic N) is 2. The number of benzene rings is 1. The molecule has 84 valence electrons. The highest BCUT2D eigenvalue weighted by Gasteiger charge is 2.07. The van der Waals surface area contributed by atoms with Crippen LogP contribution in [0.1, 0.15) is 6.92 Å². The molecule has 0 fully saturated rings. The van der Waals surface area contributed by atoms with Crippen molar-refractivity contribution in [2.45, 2.75) is 13.0 Å². The summed E-state index contributed by atoms with van der Waals surface area (Å²) in [7, 11) is 1.90. The van der Waals surface area contributed by atoms with Gasteiger partial charge in [-0.05, 0) is 26.1 Å². The van der Waals surface area contributed by atoms with Gasteiger partial charge in [0.05, 0.1) is 10.9 Å². The zero-order valence-corrected chi connectivity index (χ0v) is 9.47. The monoisotopic (exact) mass is 217 g/mol. The Kier molecular flexibility index (Phi) is 3.31. The number of likely N-dealkylation sites (N-methyl/N-ethyl adjacent to an activating group) is 1. The Labute approximate surface area is 94.7 Å². The Morgan fingerprint density at radius 3 is 2.94 bits per heavy atom. The van der Waals surface area contributed by atoms with Gasteiger partial charge in [0, 0.05) is 6.54 Å². The van der Waals surface area contributed by atoms with Crippen molar-refractivity contribution in [1.29, 1.82) is 0 Å². The number of ether oxygens (including phenoxy) is 1. The molecule has 0 aliphatic carbocycles. The van der Waals surface area contributed by atoms with Crippen molar-refractivity contribution >= 4 is 10.9 Å². The summed E-state index contributed by atoms with van der Waals surface area (Å²) in [6.07, 6.45) is 1.62. The van der Waals surface area contributed by atoms with Crippen LogP contribution < -0.4 is 10.1 Å². The second kappa shape index (κ2) is 4.90. The van der Waals surface area contributed by atoms with Crippen LogP contribution in [0, 0.1) is 0 Å². The number of aromatic nitrogens is 2. The Balaban J connectivity index is 2.30. The maximum Gasteiger partial charge on any atom is 0.224 e. The third kappa shape index (κ3) is 2.28. The van der Waals surface area contributed by atoms with Crippen LogP contribution in [-0.4, -0.2) is 29.7 Å². The molecule has 0 aliphatic rings. The maximum atomic E-state index is 5.75. The number of hydrogen-bond donors (Lipinski definition) is 1. The standard InChI is InChI=1S/C12H15N3O/c1-9(7-13-2)16-12-10-5-3-4-6-11(10)14-8-15-12/h3-6,8-9,13H,7H2,1-2H3. The minimum Gasteiger partial charge on any atom is -0.473 e. The fourth-order valence-electron chi connectivity index (χ4n) is 1.59. The lowest BCUT2D eigenvalue weighted by molar-refractivity contribution is 0.214. The summed E-state index contributed by atoms with van der Waals surface area (Å²) < 4.78 is 5.75. The molecule has 0 aliphatic heterocycles. The molecule has 0 saturated heterocycles. The van der Waals surface area contributed by atoms with Crippen molar-refractivity contribution in [3.05, 3.63) is 30.6 Å². The molecule has 16 heavy (non-hydrogen) atoms. The van der Waals surface area contributed by atoms with Crippen molar-refractivity contribution < 1.29 is 4.74 Å². The van der Waals surface area contributed by atoms with Crippen LogP contribution in [-0.2, 0) is 0 Å². The lowest BCUT2D eigenvalue weighted by Crippen LogP contribution is -2.26. The van der Waals surface area contributed by atoms with Crippen LogP contribution in [0.3, 0.4) is 0 Å². The molecule has 2 aromatic rings. The lowest BCUT2D eigenvalue weighted by atomic mass is 10.2. The Morgan fingerprint density at radius 1 is 1.31 bits per heavy atom. The van der Waals surface area contributed by atoms with E-state index < -0.39 is 0 Å². The first-order valence-electron chi connectivity index (χ1n) is 5.32. The molecule has 1 unspecified atom stereocenters. The summed E-state index contributed by atoms with van der Waals surface area (Å²) in [5.41, 5.74) is 0.907. The van der Waals surface area contributed by atoms with E-state index in [1.54, 1.807) is 0 Å². The highest BCUT2D eigenvalue weighted by molar-refractivity contribution is 5.82. The fourth-order valence-corrected chi connectivity index (χ4v) is 1.59. The molecule has 0 radical (unpaired) electrons. The third-order valence-corrected chi connectivity index (χ3v) is 2.31. The molecule has 0 bridgehead atoms. The molecule has 1 aromatic carbocycles. The summed E-state index contributed by atoms with van der Waals surface area (Å²) in [6.45, 7) is 2.80. The molecule has 4 heteroatoms. The first-order chi connectivity index (χ1) is 7.81. The Bertz CT molecular complexity index is 467. The van der Waals surface area contributed by atoms with E-state index in [2.05, 4.69) is 15.3 Å². The van der Waals surface area contributed by atoms with Gasteiger partial charge in [-0.15, -0.1) is 0 Å². The van der Waals surface area contributed by atoms with Crippen LogP contribution >= 0.6 is 0 Å². The summed E-state index contributed by atoms with van der Waals surface area (Å²) in [5.74, 6) is 0.647. The zero-order valence-electron chi connectivity index (χ0n) is 9.47. The SMILES string of the molecule is CNCC(C)Oc1ncnc2ccccc12. The van der Waals surface area contributed by atoms with Crippen LogP contribution in [0.25, 0.3) is 10.9 Å². The normalized spacial score (nSPS) is 12.6. The highest BCUT2D eigenvalue weighted by Crippen LogP contribution is 2.21. The predicted molar refractivity (Wildman–Crippen MR) is 63.6 cm³/mol. The molecule has 1 heterocycles. The summed E-state index contributed by atoms with van der Waals surface area (Å²) >= 11 is 0. The lowest BCUT2D eigenvalue weighted by Gasteiger charge is -2.14. The van der Waals surface area contributed by atoms with E-state index in [1.165, 1.54) is 6.33 Å². The van der Waals surface area contributed by atoms with E-state index in [-0.39, 0.29) is 6.10 Å². The van der Waals surface area contributed by atoms with Gasteiger partial charge in [-0.25, -0.2) is 9.97 Å². The van der Waals surface area contributed by atoms with E-state index in [9.17, 15) is 0 Å². The molecule has 0 spiro atoms. The zero-order chi connectivity index (χ0) is 11.4. The second-order valence-corrected chi connectivity index (χ2v) is 3.68. The molecule has 0 amide bonds. The first-order valence-corrected chi connectivity index (χ1v) is 5.32. The van der Waals surface area contributed by atoms with E-state index >= 15 is 0 Å². The fraction of sp³-hybridized carbons (Fsp3) is 0.333. The molecule has 1 N–H and O–H groups in total. The van der Waals surface area contributed by atoms with Crippen molar-refractivity contribution in [2.24, 2.45) is 0 Å². The van der Waals surface area contributed by atoms with Crippen molar-refractivity contribution in [3.8, 4) is 5.88 Å². The predicted octanol–water partition coefficient (Wildman–Crippen LogP) is 1.62. The molecule has 1 atom stereocenters. The second-order valence-electron chi connectivity index (χ2n) is 3.68. The molecule has 0 saturated carbocycles. The van der Waals surface area contributed by atoms with Gasteiger partial charge in [0.1, 0.15) is 12.4 Å². The summed E-state index contributed by atoms with van der Waals surface area (Å²) in [4.78, 5) is 8.36. The molecule has 2 rings (SSSR count). The van der Waals surface area contributed by atoms with Gasteiger partial charge in [0.15, 0.2) is 0 Å². The van der Waals surface area contributed by atoms with Gasteiger partial charge < -0.3 is 10.1 Å².